The summed E-state index contributed by atoms with van der Waals surface area (Å²) in [4.78, 5) is 0. The fourth-order valence-corrected chi connectivity index (χ4v) is 0.982. The molecule has 4 nitrogen and oxygen atoms in total. The maximum absolute atomic E-state index is 9.15. The van der Waals surface area contributed by atoms with Crippen LogP contribution in [-0.4, -0.2) is 43.3 Å². The van der Waals surface area contributed by atoms with Crippen LogP contribution in [0.5, 0.6) is 0 Å². The minimum Gasteiger partial charge on any atom is -0.391 e. The van der Waals surface area contributed by atoms with Gasteiger partial charge in [0.25, 0.3) is 0 Å². The van der Waals surface area contributed by atoms with Gasteiger partial charge in [-0.25, -0.2) is 0 Å². The summed E-state index contributed by atoms with van der Waals surface area (Å²) >= 11 is 0. The molecule has 72 valence electrons. The van der Waals surface area contributed by atoms with Crippen LogP contribution in [0.3, 0.4) is 0 Å². The maximum atomic E-state index is 9.15. The normalized spacial score (nSPS) is 29.8. The van der Waals surface area contributed by atoms with Gasteiger partial charge in [0.05, 0.1) is 18.8 Å². The van der Waals surface area contributed by atoms with Crippen LogP contribution in [0.1, 0.15) is 13.8 Å². The summed E-state index contributed by atoms with van der Waals surface area (Å²) in [6.07, 6.45) is -0.825. The molecule has 1 rings (SSSR count). The molecule has 0 aromatic rings. The van der Waals surface area contributed by atoms with Crippen molar-refractivity contribution < 1.29 is 14.6 Å². The van der Waals surface area contributed by atoms with E-state index in [4.69, 9.17) is 14.6 Å². The zero-order chi connectivity index (χ0) is 8.97. The zero-order valence-corrected chi connectivity index (χ0v) is 7.62. The third-order valence-electron chi connectivity index (χ3n) is 1.94. The first kappa shape index (κ1) is 9.92. The molecule has 1 saturated heterocycles. The van der Waals surface area contributed by atoms with Crippen molar-refractivity contribution in [3.8, 4) is 0 Å². The SMILES string of the molecule is CC(O)C(C)OC1CNCCO1. The van der Waals surface area contributed by atoms with E-state index in [2.05, 4.69) is 5.32 Å². The summed E-state index contributed by atoms with van der Waals surface area (Å²) in [7, 11) is 0. The van der Waals surface area contributed by atoms with E-state index < -0.39 is 6.10 Å². The summed E-state index contributed by atoms with van der Waals surface area (Å²) < 4.78 is 10.7. The molecular weight excluding hydrogens is 158 g/mol. The Morgan fingerprint density at radius 3 is 2.83 bits per heavy atom. The van der Waals surface area contributed by atoms with Crippen LogP contribution in [0, 0.1) is 0 Å². The maximum Gasteiger partial charge on any atom is 0.170 e. The van der Waals surface area contributed by atoms with Gasteiger partial charge < -0.3 is 19.9 Å². The third kappa shape index (κ3) is 3.06. The summed E-state index contributed by atoms with van der Waals surface area (Å²) in [5.74, 6) is 0. The van der Waals surface area contributed by atoms with Gasteiger partial charge in [-0.3, -0.25) is 0 Å². The second-order valence-electron chi connectivity index (χ2n) is 3.09. The van der Waals surface area contributed by atoms with E-state index >= 15 is 0 Å². The van der Waals surface area contributed by atoms with Crippen molar-refractivity contribution in [3.05, 3.63) is 0 Å². The smallest absolute Gasteiger partial charge is 0.170 e. The van der Waals surface area contributed by atoms with E-state index in [1.807, 2.05) is 6.92 Å². The number of hydrogen-bond acceptors (Lipinski definition) is 4. The number of aliphatic hydroxyl groups excluding tert-OH is 1. The summed E-state index contributed by atoms with van der Waals surface area (Å²) in [6.45, 7) is 5.81. The highest BCUT2D eigenvalue weighted by Crippen LogP contribution is 2.05. The second kappa shape index (κ2) is 4.77. The minimum absolute atomic E-state index is 0.171. The monoisotopic (exact) mass is 175 g/mol. The van der Waals surface area contributed by atoms with Crippen LogP contribution in [-0.2, 0) is 9.47 Å². The minimum atomic E-state index is -0.449. The van der Waals surface area contributed by atoms with Crippen molar-refractivity contribution in [1.29, 1.82) is 0 Å². The Morgan fingerprint density at radius 2 is 2.33 bits per heavy atom. The Kier molecular flexibility index (Phi) is 3.94. The molecule has 0 aromatic carbocycles. The van der Waals surface area contributed by atoms with E-state index in [9.17, 15) is 0 Å². The molecule has 0 aliphatic carbocycles. The van der Waals surface area contributed by atoms with Crippen molar-refractivity contribution >= 4 is 0 Å². The predicted octanol–water partition coefficient (Wildman–Crippen LogP) is -0.282. The summed E-state index contributed by atoms with van der Waals surface area (Å²) in [5, 5.41) is 12.3. The molecule has 0 bridgehead atoms. The topological polar surface area (TPSA) is 50.7 Å². The second-order valence-corrected chi connectivity index (χ2v) is 3.09. The van der Waals surface area contributed by atoms with Gasteiger partial charge in [0.2, 0.25) is 0 Å². The highest BCUT2D eigenvalue weighted by atomic mass is 16.7. The van der Waals surface area contributed by atoms with Gasteiger partial charge in [0.15, 0.2) is 6.29 Å². The van der Waals surface area contributed by atoms with E-state index in [1.54, 1.807) is 6.92 Å². The molecule has 0 amide bonds. The molecule has 1 aliphatic heterocycles. The lowest BCUT2D eigenvalue weighted by atomic mass is 10.2. The lowest BCUT2D eigenvalue weighted by molar-refractivity contribution is -0.192. The van der Waals surface area contributed by atoms with E-state index in [-0.39, 0.29) is 12.4 Å². The number of nitrogens with one attached hydrogen (secondary N) is 1. The number of rotatable bonds is 3. The van der Waals surface area contributed by atoms with Crippen LogP contribution < -0.4 is 5.32 Å². The highest BCUT2D eigenvalue weighted by molar-refractivity contribution is 4.63. The largest absolute Gasteiger partial charge is 0.391 e. The number of ether oxygens (including phenoxy) is 2. The number of aliphatic hydroxyl groups is 1. The lowest BCUT2D eigenvalue weighted by Crippen LogP contribution is -2.43. The molecule has 1 heterocycles. The van der Waals surface area contributed by atoms with E-state index in [0.717, 1.165) is 6.54 Å². The van der Waals surface area contributed by atoms with Crippen molar-refractivity contribution in [2.24, 2.45) is 0 Å². The molecule has 2 N–H and O–H groups in total. The molecule has 0 aromatic heterocycles. The van der Waals surface area contributed by atoms with Crippen LogP contribution in [0.15, 0.2) is 0 Å². The van der Waals surface area contributed by atoms with Gasteiger partial charge in [0, 0.05) is 13.1 Å². The standard InChI is InChI=1S/C8H17NO3/c1-6(10)7(2)12-8-5-9-3-4-11-8/h6-10H,3-5H2,1-2H3. The molecule has 0 saturated carbocycles. The van der Waals surface area contributed by atoms with Crippen LogP contribution in [0.4, 0.5) is 0 Å². The molecule has 0 spiro atoms. The average molecular weight is 175 g/mol. The Labute approximate surface area is 72.9 Å². The third-order valence-corrected chi connectivity index (χ3v) is 1.94. The van der Waals surface area contributed by atoms with Crippen LogP contribution in [0.2, 0.25) is 0 Å². The molecule has 0 radical (unpaired) electrons. The van der Waals surface area contributed by atoms with Crippen LogP contribution in [0.25, 0.3) is 0 Å². The zero-order valence-electron chi connectivity index (χ0n) is 7.62. The Morgan fingerprint density at radius 1 is 1.58 bits per heavy atom. The van der Waals surface area contributed by atoms with Gasteiger partial charge in [-0.05, 0) is 13.8 Å². The Hall–Kier alpha value is -0.160. The van der Waals surface area contributed by atoms with E-state index in [0.29, 0.717) is 13.2 Å². The van der Waals surface area contributed by atoms with Gasteiger partial charge in [-0.15, -0.1) is 0 Å². The first-order chi connectivity index (χ1) is 5.70. The van der Waals surface area contributed by atoms with Gasteiger partial charge in [-0.2, -0.15) is 0 Å². The average Bonchev–Trinajstić information content (AvgIpc) is 2.06. The highest BCUT2D eigenvalue weighted by Gasteiger charge is 2.18. The predicted molar refractivity (Wildman–Crippen MR) is 44.8 cm³/mol. The first-order valence-electron chi connectivity index (χ1n) is 4.36. The van der Waals surface area contributed by atoms with Crippen molar-refractivity contribution in [1.82, 2.24) is 5.32 Å². The molecular formula is C8H17NO3. The molecule has 12 heavy (non-hydrogen) atoms. The first-order valence-corrected chi connectivity index (χ1v) is 4.36. The van der Waals surface area contributed by atoms with Crippen molar-refractivity contribution in [2.75, 3.05) is 19.7 Å². The molecule has 4 heteroatoms. The van der Waals surface area contributed by atoms with Gasteiger partial charge in [0.1, 0.15) is 0 Å². The Balaban J connectivity index is 2.20. The van der Waals surface area contributed by atoms with Gasteiger partial charge in [-0.1, -0.05) is 0 Å². The van der Waals surface area contributed by atoms with Crippen LogP contribution >= 0.6 is 0 Å². The van der Waals surface area contributed by atoms with Crippen molar-refractivity contribution in [2.45, 2.75) is 32.3 Å². The number of hydrogen-bond donors (Lipinski definition) is 2. The summed E-state index contributed by atoms with van der Waals surface area (Å²) in [5.41, 5.74) is 0. The van der Waals surface area contributed by atoms with Crippen molar-refractivity contribution in [3.63, 3.8) is 0 Å². The fraction of sp³-hybridized carbons (Fsp3) is 1.00. The molecule has 3 atom stereocenters. The summed E-state index contributed by atoms with van der Waals surface area (Å²) in [6, 6.07) is 0. The quantitative estimate of drug-likeness (QED) is 0.619. The lowest BCUT2D eigenvalue weighted by Gasteiger charge is -2.27. The van der Waals surface area contributed by atoms with Gasteiger partial charge >= 0.3 is 0 Å². The fourth-order valence-electron chi connectivity index (χ4n) is 0.982. The van der Waals surface area contributed by atoms with E-state index in [1.165, 1.54) is 0 Å². The molecule has 3 unspecified atom stereocenters. The molecule has 1 fully saturated rings. The Bertz CT molecular complexity index is 123. The molecule has 1 aliphatic rings. The number of morpholine rings is 1.